The average Bonchev–Trinajstić information content (AvgIpc) is 2.54. The van der Waals surface area contributed by atoms with Gasteiger partial charge in [-0.3, -0.25) is 0 Å². The lowest BCUT2D eigenvalue weighted by atomic mass is 9.83. The fourth-order valence-electron chi connectivity index (χ4n) is 1.66. The van der Waals surface area contributed by atoms with Gasteiger partial charge in [0.05, 0.1) is 18.2 Å². The average molecular weight is 246 g/mol. The van der Waals surface area contributed by atoms with Crippen LogP contribution in [0.25, 0.3) is 0 Å². The summed E-state index contributed by atoms with van der Waals surface area (Å²) in [4.78, 5) is 4.58. The van der Waals surface area contributed by atoms with Crippen molar-refractivity contribution in [3.63, 3.8) is 0 Å². The topological polar surface area (TPSA) is 35.3 Å². The van der Waals surface area contributed by atoms with Gasteiger partial charge < -0.3 is 9.15 Å². The van der Waals surface area contributed by atoms with E-state index in [4.69, 9.17) is 9.15 Å². The molecule has 72 valence electrons. The third kappa shape index (κ3) is 1.79. The zero-order chi connectivity index (χ0) is 9.31. The van der Waals surface area contributed by atoms with Crippen molar-refractivity contribution in [2.45, 2.75) is 25.2 Å². The molecule has 1 aliphatic heterocycles. The van der Waals surface area contributed by atoms with Gasteiger partial charge in [-0.2, -0.15) is 0 Å². The molecule has 1 aliphatic rings. The maximum atomic E-state index is 5.45. The van der Waals surface area contributed by atoms with E-state index in [9.17, 15) is 0 Å². The lowest BCUT2D eigenvalue weighted by Crippen LogP contribution is -2.32. The van der Waals surface area contributed by atoms with E-state index >= 15 is 0 Å². The zero-order valence-electron chi connectivity index (χ0n) is 7.55. The summed E-state index contributed by atoms with van der Waals surface area (Å²) in [7, 11) is 0. The number of hydrogen-bond acceptors (Lipinski definition) is 3. The van der Waals surface area contributed by atoms with Crippen molar-refractivity contribution >= 4 is 15.9 Å². The second kappa shape index (κ2) is 3.42. The molecule has 2 heterocycles. The minimum Gasteiger partial charge on any atom is -0.436 e. The third-order valence-electron chi connectivity index (χ3n) is 2.51. The molecule has 0 aromatic carbocycles. The second-order valence-corrected chi connectivity index (χ2v) is 4.37. The van der Waals surface area contributed by atoms with Crippen LogP contribution in [0.4, 0.5) is 0 Å². The predicted molar refractivity (Wildman–Crippen MR) is 51.6 cm³/mol. The van der Waals surface area contributed by atoms with Gasteiger partial charge >= 0.3 is 0 Å². The van der Waals surface area contributed by atoms with Gasteiger partial charge in [-0.15, -0.1) is 0 Å². The van der Waals surface area contributed by atoms with Crippen LogP contribution >= 0.6 is 15.9 Å². The summed E-state index contributed by atoms with van der Waals surface area (Å²) in [6, 6.07) is 0. The number of halogens is 1. The third-order valence-corrected chi connectivity index (χ3v) is 2.88. The van der Waals surface area contributed by atoms with E-state index in [1.165, 1.54) is 0 Å². The Morgan fingerprint density at radius 1 is 1.62 bits per heavy atom. The highest BCUT2D eigenvalue weighted by Crippen LogP contribution is 2.33. The summed E-state index contributed by atoms with van der Waals surface area (Å²) in [5, 5.41) is 0. The Hall–Kier alpha value is -0.350. The van der Waals surface area contributed by atoms with Crippen molar-refractivity contribution in [2.75, 3.05) is 13.2 Å². The zero-order valence-corrected chi connectivity index (χ0v) is 9.13. The quantitative estimate of drug-likeness (QED) is 0.763. The Bertz CT molecular complexity index is 292. The van der Waals surface area contributed by atoms with Gasteiger partial charge in [0.25, 0.3) is 4.80 Å². The smallest absolute Gasteiger partial charge is 0.264 e. The minimum atomic E-state index is 0.0112. The van der Waals surface area contributed by atoms with E-state index in [0.29, 0.717) is 4.80 Å². The van der Waals surface area contributed by atoms with Crippen LogP contribution in [0.3, 0.4) is 0 Å². The lowest BCUT2D eigenvalue weighted by Gasteiger charge is -2.30. The van der Waals surface area contributed by atoms with E-state index in [1.54, 1.807) is 6.20 Å². The maximum absolute atomic E-state index is 5.45. The molecule has 0 spiro atoms. The molecule has 0 bridgehead atoms. The summed E-state index contributed by atoms with van der Waals surface area (Å²) in [6.45, 7) is 3.75. The molecule has 1 unspecified atom stereocenters. The first-order valence-corrected chi connectivity index (χ1v) is 5.20. The van der Waals surface area contributed by atoms with Gasteiger partial charge in [-0.1, -0.05) is 6.92 Å². The van der Waals surface area contributed by atoms with Crippen LogP contribution in [0.15, 0.2) is 15.4 Å². The van der Waals surface area contributed by atoms with Crippen LogP contribution in [0.2, 0.25) is 0 Å². The summed E-state index contributed by atoms with van der Waals surface area (Å²) in [5.74, 6) is 0.916. The van der Waals surface area contributed by atoms with E-state index in [0.717, 1.165) is 31.8 Å². The Morgan fingerprint density at radius 2 is 2.46 bits per heavy atom. The molecule has 4 heteroatoms. The van der Waals surface area contributed by atoms with Crippen molar-refractivity contribution in [3.8, 4) is 0 Å². The summed E-state index contributed by atoms with van der Waals surface area (Å²) >= 11 is 3.20. The van der Waals surface area contributed by atoms with Crippen molar-refractivity contribution in [3.05, 3.63) is 16.8 Å². The maximum Gasteiger partial charge on any atom is 0.264 e. The Balaban J connectivity index is 2.22. The van der Waals surface area contributed by atoms with E-state index < -0.39 is 0 Å². The molecular weight excluding hydrogens is 234 g/mol. The normalized spacial score (nSPS) is 29.1. The van der Waals surface area contributed by atoms with E-state index in [1.807, 2.05) is 0 Å². The molecule has 1 fully saturated rings. The number of nitrogens with zero attached hydrogens (tertiary/aromatic N) is 1. The number of rotatable bonds is 1. The molecule has 0 aliphatic carbocycles. The predicted octanol–water partition coefficient (Wildman–Crippen LogP) is 2.51. The monoisotopic (exact) mass is 245 g/mol. The minimum absolute atomic E-state index is 0.0112. The number of hydrogen-bond donors (Lipinski definition) is 0. The Morgan fingerprint density at radius 3 is 3.00 bits per heavy atom. The molecule has 0 amide bonds. The molecule has 0 saturated carbocycles. The van der Waals surface area contributed by atoms with Crippen LogP contribution in [0.1, 0.15) is 25.5 Å². The molecule has 1 atom stereocenters. The van der Waals surface area contributed by atoms with Crippen LogP contribution in [0, 0.1) is 0 Å². The first-order chi connectivity index (χ1) is 6.21. The van der Waals surface area contributed by atoms with Crippen molar-refractivity contribution in [1.82, 2.24) is 4.98 Å². The SMILES string of the molecule is CC1(c2cnc(Br)o2)CCCOC1. The lowest BCUT2D eigenvalue weighted by molar-refractivity contribution is 0.0326. The molecule has 1 aromatic heterocycles. The molecule has 13 heavy (non-hydrogen) atoms. The highest BCUT2D eigenvalue weighted by molar-refractivity contribution is 9.10. The largest absolute Gasteiger partial charge is 0.436 e. The summed E-state index contributed by atoms with van der Waals surface area (Å²) < 4.78 is 10.9. The van der Waals surface area contributed by atoms with Crippen molar-refractivity contribution in [2.24, 2.45) is 0 Å². The first kappa shape index (κ1) is 9.21. The van der Waals surface area contributed by atoms with Crippen LogP contribution in [0.5, 0.6) is 0 Å². The highest BCUT2D eigenvalue weighted by Gasteiger charge is 2.33. The second-order valence-electron chi connectivity index (χ2n) is 3.69. The van der Waals surface area contributed by atoms with E-state index in [2.05, 4.69) is 27.8 Å². The van der Waals surface area contributed by atoms with Gasteiger partial charge in [0.15, 0.2) is 0 Å². The standard InChI is InChI=1S/C9H12BrNO2/c1-9(3-2-4-12-6-9)7-5-11-8(10)13-7/h5H,2-4,6H2,1H3. The highest BCUT2D eigenvalue weighted by atomic mass is 79.9. The van der Waals surface area contributed by atoms with Crippen molar-refractivity contribution < 1.29 is 9.15 Å². The Labute approximate surface area is 85.6 Å². The van der Waals surface area contributed by atoms with Crippen molar-refractivity contribution in [1.29, 1.82) is 0 Å². The summed E-state index contributed by atoms with van der Waals surface area (Å²) in [6.07, 6.45) is 3.97. The molecule has 2 rings (SSSR count). The van der Waals surface area contributed by atoms with Crippen LogP contribution in [-0.4, -0.2) is 18.2 Å². The first-order valence-electron chi connectivity index (χ1n) is 4.40. The van der Waals surface area contributed by atoms with Crippen LogP contribution < -0.4 is 0 Å². The molecule has 3 nitrogen and oxygen atoms in total. The van der Waals surface area contributed by atoms with Gasteiger partial charge in [0, 0.05) is 22.5 Å². The Kier molecular flexibility index (Phi) is 2.43. The number of aromatic nitrogens is 1. The molecule has 1 aromatic rings. The molecular formula is C9H12BrNO2. The molecule has 0 N–H and O–H groups in total. The van der Waals surface area contributed by atoms with E-state index in [-0.39, 0.29) is 5.41 Å². The molecule has 1 saturated heterocycles. The van der Waals surface area contributed by atoms with Gasteiger partial charge in [0.2, 0.25) is 0 Å². The number of ether oxygens (including phenoxy) is 1. The fourth-order valence-corrected chi connectivity index (χ4v) is 1.94. The molecule has 0 radical (unpaired) electrons. The summed E-state index contributed by atoms with van der Waals surface area (Å²) in [5.41, 5.74) is 0.0112. The van der Waals surface area contributed by atoms with Crippen LogP contribution in [-0.2, 0) is 10.2 Å². The van der Waals surface area contributed by atoms with Gasteiger partial charge in [-0.05, 0) is 12.8 Å². The van der Waals surface area contributed by atoms with Gasteiger partial charge in [-0.25, -0.2) is 4.98 Å². The fraction of sp³-hybridized carbons (Fsp3) is 0.667. The number of oxazole rings is 1. The van der Waals surface area contributed by atoms with Gasteiger partial charge in [0.1, 0.15) is 5.76 Å².